The summed E-state index contributed by atoms with van der Waals surface area (Å²) in [5.41, 5.74) is 1.46. The molecule has 0 amide bonds. The van der Waals surface area contributed by atoms with Gasteiger partial charge in [0.25, 0.3) is 0 Å². The molecule has 0 bridgehead atoms. The summed E-state index contributed by atoms with van der Waals surface area (Å²) >= 11 is 0. The molecule has 1 aromatic carbocycles. The lowest BCUT2D eigenvalue weighted by Gasteiger charge is -1.97. The normalized spacial score (nSPS) is 10.8. The second-order valence-corrected chi connectivity index (χ2v) is 3.65. The number of H-pyrrole nitrogens is 2. The van der Waals surface area contributed by atoms with Crippen LogP contribution in [-0.4, -0.2) is 15.8 Å². The Balaban J connectivity index is 2.12. The maximum absolute atomic E-state index is 12.0. The lowest BCUT2D eigenvalue weighted by Crippen LogP contribution is -1.99. The maximum Gasteiger partial charge on any atom is 0.323 e. The Labute approximate surface area is 95.1 Å². The van der Waals surface area contributed by atoms with E-state index in [2.05, 4.69) is 9.97 Å². The van der Waals surface area contributed by atoms with Crippen LogP contribution < -0.4 is 5.69 Å². The number of ketones is 1. The molecule has 0 aliphatic rings. The van der Waals surface area contributed by atoms with Gasteiger partial charge < -0.3 is 14.4 Å². The first-order chi connectivity index (χ1) is 8.24. The number of hydrogen-bond acceptors (Lipinski definition) is 3. The first-order valence-electron chi connectivity index (χ1n) is 5.04. The van der Waals surface area contributed by atoms with Gasteiger partial charge in [-0.15, -0.1) is 0 Å². The predicted octanol–water partition coefficient (Wildman–Crippen LogP) is 1.68. The van der Waals surface area contributed by atoms with Crippen molar-refractivity contribution < 1.29 is 9.21 Å². The monoisotopic (exact) mass is 228 g/mol. The Morgan fingerprint density at radius 1 is 1.12 bits per heavy atom. The molecule has 3 aromatic rings. The van der Waals surface area contributed by atoms with Gasteiger partial charge in [-0.05, 0) is 30.3 Å². The van der Waals surface area contributed by atoms with Crippen molar-refractivity contribution in [3.05, 3.63) is 58.4 Å². The molecule has 0 saturated carbocycles. The van der Waals surface area contributed by atoms with Gasteiger partial charge >= 0.3 is 5.69 Å². The number of nitrogens with one attached hydrogen (secondary N) is 2. The molecular weight excluding hydrogens is 220 g/mol. The SMILES string of the molecule is O=C(c1ccc2[nH]c(=O)[nH]c2c1)c1ccco1. The van der Waals surface area contributed by atoms with Gasteiger partial charge in [-0.2, -0.15) is 0 Å². The van der Waals surface area contributed by atoms with Crippen molar-refractivity contribution in [3.8, 4) is 0 Å². The molecule has 84 valence electrons. The number of benzene rings is 1. The molecule has 5 heteroatoms. The molecule has 0 fully saturated rings. The molecule has 3 rings (SSSR count). The minimum absolute atomic E-state index is 0.209. The van der Waals surface area contributed by atoms with Gasteiger partial charge in [0.1, 0.15) is 0 Å². The summed E-state index contributed by atoms with van der Waals surface area (Å²) < 4.78 is 5.04. The largest absolute Gasteiger partial charge is 0.461 e. The van der Waals surface area contributed by atoms with Crippen LogP contribution in [0.25, 0.3) is 11.0 Å². The maximum atomic E-state index is 12.0. The van der Waals surface area contributed by atoms with Crippen molar-refractivity contribution in [2.75, 3.05) is 0 Å². The van der Waals surface area contributed by atoms with Crippen LogP contribution in [0.5, 0.6) is 0 Å². The molecule has 0 aliphatic heterocycles. The van der Waals surface area contributed by atoms with Crippen LogP contribution in [0, 0.1) is 0 Å². The van der Waals surface area contributed by atoms with E-state index in [4.69, 9.17) is 4.42 Å². The molecule has 17 heavy (non-hydrogen) atoms. The van der Waals surface area contributed by atoms with Gasteiger partial charge in [0.2, 0.25) is 5.78 Å². The summed E-state index contributed by atoms with van der Waals surface area (Å²) in [5, 5.41) is 0. The molecule has 0 unspecified atom stereocenters. The minimum atomic E-state index is -0.289. The van der Waals surface area contributed by atoms with Crippen LogP contribution in [0.2, 0.25) is 0 Å². The molecular formula is C12H8N2O3. The van der Waals surface area contributed by atoms with Crippen molar-refractivity contribution in [1.82, 2.24) is 9.97 Å². The third-order valence-electron chi connectivity index (χ3n) is 2.52. The van der Waals surface area contributed by atoms with Crippen molar-refractivity contribution in [1.29, 1.82) is 0 Å². The number of imidazole rings is 1. The summed E-state index contributed by atoms with van der Waals surface area (Å²) in [7, 11) is 0. The van der Waals surface area contributed by atoms with Crippen LogP contribution in [0.15, 0.2) is 45.8 Å². The van der Waals surface area contributed by atoms with E-state index in [1.165, 1.54) is 6.26 Å². The number of hydrogen-bond donors (Lipinski definition) is 2. The Kier molecular flexibility index (Phi) is 1.98. The highest BCUT2D eigenvalue weighted by atomic mass is 16.3. The van der Waals surface area contributed by atoms with Crippen molar-refractivity contribution >= 4 is 16.8 Å². The first kappa shape index (κ1) is 9.65. The quantitative estimate of drug-likeness (QED) is 0.655. The third-order valence-corrected chi connectivity index (χ3v) is 2.52. The molecule has 0 radical (unpaired) electrons. The zero-order valence-electron chi connectivity index (χ0n) is 8.69. The molecule has 2 heterocycles. The Morgan fingerprint density at radius 3 is 2.71 bits per heavy atom. The van der Waals surface area contributed by atoms with E-state index in [-0.39, 0.29) is 17.2 Å². The number of carbonyl (C=O) groups excluding carboxylic acids is 1. The number of furan rings is 1. The van der Waals surface area contributed by atoms with Crippen LogP contribution in [0.1, 0.15) is 16.1 Å². The summed E-state index contributed by atoms with van der Waals surface area (Å²) in [6.07, 6.45) is 1.45. The fourth-order valence-electron chi connectivity index (χ4n) is 1.72. The fraction of sp³-hybridized carbons (Fsp3) is 0. The van der Waals surface area contributed by atoms with E-state index in [1.54, 1.807) is 30.3 Å². The summed E-state index contributed by atoms with van der Waals surface area (Å²) in [6, 6.07) is 8.22. The number of carbonyl (C=O) groups is 1. The van der Waals surface area contributed by atoms with Gasteiger partial charge in [0.15, 0.2) is 5.76 Å². The number of aromatic nitrogens is 2. The zero-order chi connectivity index (χ0) is 11.8. The van der Waals surface area contributed by atoms with E-state index in [0.717, 1.165) is 0 Å². The number of fused-ring (bicyclic) bond motifs is 1. The number of aromatic amines is 2. The van der Waals surface area contributed by atoms with E-state index >= 15 is 0 Å². The van der Waals surface area contributed by atoms with Crippen molar-refractivity contribution in [3.63, 3.8) is 0 Å². The second kappa shape index (κ2) is 3.48. The zero-order valence-corrected chi connectivity index (χ0v) is 8.69. The average Bonchev–Trinajstić information content (AvgIpc) is 2.94. The third kappa shape index (κ3) is 1.57. The molecule has 0 spiro atoms. The topological polar surface area (TPSA) is 78.9 Å². The lowest BCUT2D eigenvalue weighted by atomic mass is 10.1. The number of rotatable bonds is 2. The van der Waals surface area contributed by atoms with Gasteiger partial charge in [0.05, 0.1) is 17.3 Å². The predicted molar refractivity (Wildman–Crippen MR) is 61.1 cm³/mol. The van der Waals surface area contributed by atoms with Gasteiger partial charge in [0, 0.05) is 5.56 Å². The Hall–Kier alpha value is -2.56. The molecule has 0 atom stereocenters. The minimum Gasteiger partial charge on any atom is -0.461 e. The van der Waals surface area contributed by atoms with Gasteiger partial charge in [-0.3, -0.25) is 4.79 Å². The van der Waals surface area contributed by atoms with Gasteiger partial charge in [-0.1, -0.05) is 0 Å². The van der Waals surface area contributed by atoms with Crippen molar-refractivity contribution in [2.24, 2.45) is 0 Å². The van der Waals surface area contributed by atoms with Crippen molar-refractivity contribution in [2.45, 2.75) is 0 Å². The van der Waals surface area contributed by atoms with Crippen LogP contribution in [-0.2, 0) is 0 Å². The Morgan fingerprint density at radius 2 is 1.94 bits per heavy atom. The molecule has 0 aliphatic carbocycles. The van der Waals surface area contributed by atoms with E-state index < -0.39 is 0 Å². The summed E-state index contributed by atoms with van der Waals surface area (Å²) in [4.78, 5) is 28.3. The highest BCUT2D eigenvalue weighted by Gasteiger charge is 2.12. The first-order valence-corrected chi connectivity index (χ1v) is 5.04. The summed E-state index contributed by atoms with van der Waals surface area (Å²) in [6.45, 7) is 0. The van der Waals surface area contributed by atoms with E-state index in [0.29, 0.717) is 16.6 Å². The second-order valence-electron chi connectivity index (χ2n) is 3.65. The highest BCUT2D eigenvalue weighted by molar-refractivity contribution is 6.08. The Bertz CT molecular complexity index is 735. The average molecular weight is 228 g/mol. The van der Waals surface area contributed by atoms with Crippen LogP contribution in [0.4, 0.5) is 0 Å². The molecule has 0 saturated heterocycles. The molecule has 2 aromatic heterocycles. The standard InChI is InChI=1S/C12H8N2O3/c15-11(10-2-1-5-17-10)7-3-4-8-9(6-7)14-12(16)13-8/h1-6H,(H2,13,14,16). The fourth-order valence-corrected chi connectivity index (χ4v) is 1.72. The molecule has 2 N–H and O–H groups in total. The smallest absolute Gasteiger partial charge is 0.323 e. The van der Waals surface area contributed by atoms with E-state index in [9.17, 15) is 9.59 Å². The van der Waals surface area contributed by atoms with Crippen LogP contribution >= 0.6 is 0 Å². The summed E-state index contributed by atoms with van der Waals surface area (Å²) in [5.74, 6) is 0.0705. The molecule has 5 nitrogen and oxygen atoms in total. The van der Waals surface area contributed by atoms with Crippen LogP contribution in [0.3, 0.4) is 0 Å². The highest BCUT2D eigenvalue weighted by Crippen LogP contribution is 2.14. The lowest BCUT2D eigenvalue weighted by molar-refractivity contribution is 0.101. The van der Waals surface area contributed by atoms with Gasteiger partial charge in [-0.25, -0.2) is 4.79 Å². The van der Waals surface area contributed by atoms with E-state index in [1.807, 2.05) is 0 Å².